The molecule has 0 bridgehead atoms. The molecule has 3 fully saturated rings. The van der Waals surface area contributed by atoms with Crippen LogP contribution >= 0.6 is 0 Å². The molecular weight excluding hydrogens is 737 g/mol. The molecule has 59 heavy (non-hydrogen) atoms. The van der Waals surface area contributed by atoms with E-state index in [9.17, 15) is 19.8 Å². The molecule has 3 aliphatic carbocycles. The first-order valence-corrected chi connectivity index (χ1v) is 24.2. The first-order chi connectivity index (χ1) is 28.5. The summed E-state index contributed by atoms with van der Waals surface area (Å²) >= 11 is 0. The molecule has 1 aromatic carbocycles. The molecule has 334 valence electrons. The number of unbranched alkanes of at least 4 members (excludes halogenated alkanes) is 3. The molecule has 0 aliphatic heterocycles. The van der Waals surface area contributed by atoms with E-state index in [4.69, 9.17) is 14.2 Å². The number of aliphatic hydroxyl groups is 2. The Bertz CT molecular complexity index is 1370. The largest absolute Gasteiger partial charge is 0.493 e. The van der Waals surface area contributed by atoms with Crippen molar-refractivity contribution < 1.29 is 34.0 Å². The van der Waals surface area contributed by atoms with E-state index in [1.54, 1.807) is 13.8 Å². The van der Waals surface area contributed by atoms with E-state index >= 15 is 0 Å². The Labute approximate surface area is 359 Å². The quantitative estimate of drug-likeness (QED) is 0.0545. The first kappa shape index (κ1) is 49.0. The lowest BCUT2D eigenvalue weighted by Gasteiger charge is -2.41. The van der Waals surface area contributed by atoms with Crippen molar-refractivity contribution in [1.29, 1.82) is 0 Å². The van der Waals surface area contributed by atoms with Gasteiger partial charge in [-0.05, 0) is 169 Å². The van der Waals surface area contributed by atoms with Gasteiger partial charge in [-0.15, -0.1) is 0 Å². The van der Waals surface area contributed by atoms with Gasteiger partial charge in [0.05, 0.1) is 33.0 Å². The maximum absolute atomic E-state index is 12.2. The predicted molar refractivity (Wildman–Crippen MR) is 241 cm³/mol. The number of hydrogen-bond donors (Lipinski definition) is 2. The van der Waals surface area contributed by atoms with Crippen LogP contribution in [-0.2, 0) is 31.9 Å². The topological polar surface area (TPSA) is 102 Å². The van der Waals surface area contributed by atoms with Crippen molar-refractivity contribution >= 4 is 11.9 Å². The van der Waals surface area contributed by atoms with Crippen LogP contribution < -0.4 is 4.74 Å². The van der Waals surface area contributed by atoms with Crippen molar-refractivity contribution in [3.8, 4) is 5.75 Å². The summed E-state index contributed by atoms with van der Waals surface area (Å²) in [5.74, 6) is 5.22. The molecule has 4 rings (SSSR count). The van der Waals surface area contributed by atoms with Crippen LogP contribution in [0.4, 0.5) is 0 Å². The predicted octanol–water partition coefficient (Wildman–Crippen LogP) is 12.2. The highest BCUT2D eigenvalue weighted by atomic mass is 16.5. The molecule has 0 aromatic heterocycles. The first-order valence-electron chi connectivity index (χ1n) is 24.2. The fraction of sp³-hybridized carbons (Fsp3) is 0.769. The van der Waals surface area contributed by atoms with Gasteiger partial charge in [-0.2, -0.15) is 0 Å². The third-order valence-corrected chi connectivity index (χ3v) is 14.7. The Balaban J connectivity index is 1.44. The molecule has 0 spiro atoms. The highest BCUT2D eigenvalue weighted by Crippen LogP contribution is 2.48. The van der Waals surface area contributed by atoms with E-state index < -0.39 is 5.41 Å². The van der Waals surface area contributed by atoms with Crippen LogP contribution in [0.15, 0.2) is 36.4 Å². The van der Waals surface area contributed by atoms with Gasteiger partial charge in [0.25, 0.3) is 0 Å². The summed E-state index contributed by atoms with van der Waals surface area (Å²) in [5.41, 5.74) is 3.76. The number of carbonyl (C=O) groups excluding carboxylic acids is 2. The van der Waals surface area contributed by atoms with Crippen molar-refractivity contribution in [2.75, 3.05) is 33.0 Å². The van der Waals surface area contributed by atoms with Gasteiger partial charge in [0.15, 0.2) is 0 Å². The monoisotopic (exact) mass is 821 g/mol. The standard InChI is InChI=1S/C52H84O7/c1-7-9-11-14-40-17-19-41(20-18-40)42-21-23-43(24-22-42)44-25-27-45(28-26-44)48-34-46(15-12-31-58-50(55)38(3)4)49(47(35-48)16-13-32-59-51(56)39(5)6)57-33-30-52(36-53,37-54)29-10-8-2/h34-35,40-45,53-54H,3,5,7-33,36-37H2,1-2,4,6H3. The Morgan fingerprint density at radius 3 is 1.53 bits per heavy atom. The Morgan fingerprint density at radius 1 is 0.627 bits per heavy atom. The fourth-order valence-corrected chi connectivity index (χ4v) is 10.7. The number of benzene rings is 1. The van der Waals surface area contributed by atoms with Gasteiger partial charge in [-0.3, -0.25) is 0 Å². The van der Waals surface area contributed by atoms with Crippen LogP contribution in [0.3, 0.4) is 0 Å². The Kier molecular flexibility index (Phi) is 21.6. The molecule has 0 radical (unpaired) electrons. The molecule has 1 aromatic rings. The molecule has 0 atom stereocenters. The van der Waals surface area contributed by atoms with Crippen molar-refractivity contribution in [2.24, 2.45) is 35.0 Å². The van der Waals surface area contributed by atoms with E-state index in [-0.39, 0.29) is 25.2 Å². The molecule has 2 N–H and O–H groups in total. The second kappa shape index (κ2) is 26.0. The normalized spacial score (nSPS) is 23.7. The summed E-state index contributed by atoms with van der Waals surface area (Å²) in [6.45, 7) is 16.0. The van der Waals surface area contributed by atoms with Crippen molar-refractivity contribution in [1.82, 2.24) is 0 Å². The molecule has 3 aliphatic rings. The van der Waals surface area contributed by atoms with Crippen LogP contribution in [-0.4, -0.2) is 55.2 Å². The molecule has 7 heteroatoms. The van der Waals surface area contributed by atoms with Crippen LogP contribution in [0.2, 0.25) is 0 Å². The second-order valence-electron chi connectivity index (χ2n) is 19.3. The van der Waals surface area contributed by atoms with Crippen LogP contribution in [0.5, 0.6) is 5.75 Å². The van der Waals surface area contributed by atoms with Gasteiger partial charge in [0, 0.05) is 16.6 Å². The molecule has 0 heterocycles. The maximum atomic E-state index is 12.2. The number of ether oxygens (including phenoxy) is 3. The van der Waals surface area contributed by atoms with E-state index in [2.05, 4.69) is 39.1 Å². The summed E-state index contributed by atoms with van der Waals surface area (Å²) in [4.78, 5) is 24.4. The highest BCUT2D eigenvalue weighted by Gasteiger charge is 2.35. The Morgan fingerprint density at radius 2 is 1.08 bits per heavy atom. The summed E-state index contributed by atoms with van der Waals surface area (Å²) in [6.07, 6.45) is 28.2. The minimum absolute atomic E-state index is 0.0854. The number of hydrogen-bond acceptors (Lipinski definition) is 7. The lowest BCUT2D eigenvalue weighted by Crippen LogP contribution is -2.32. The minimum atomic E-state index is -0.589. The molecule has 3 saturated carbocycles. The minimum Gasteiger partial charge on any atom is -0.493 e. The second-order valence-corrected chi connectivity index (χ2v) is 19.3. The average Bonchev–Trinajstić information content (AvgIpc) is 3.25. The van der Waals surface area contributed by atoms with Gasteiger partial charge in [0.2, 0.25) is 0 Å². The van der Waals surface area contributed by atoms with Crippen molar-refractivity contribution in [3.63, 3.8) is 0 Å². The number of esters is 2. The molecule has 0 unspecified atom stereocenters. The van der Waals surface area contributed by atoms with Gasteiger partial charge in [-0.1, -0.05) is 90.5 Å². The number of carbonyl (C=O) groups is 2. The van der Waals surface area contributed by atoms with E-state index in [1.807, 2.05) is 0 Å². The average molecular weight is 821 g/mol. The number of rotatable bonds is 26. The third kappa shape index (κ3) is 15.6. The zero-order valence-corrected chi connectivity index (χ0v) is 38.0. The summed E-state index contributed by atoms with van der Waals surface area (Å²) < 4.78 is 17.7. The van der Waals surface area contributed by atoms with Crippen LogP contribution in [0.1, 0.15) is 192 Å². The SMILES string of the molecule is C=C(C)C(=O)OCCCc1cc(C2CCC(C3CCC(C4CCC(CCCCC)CC4)CC3)CC2)cc(CCCOC(=O)C(=C)C)c1OCCC(CO)(CO)CCCC. The summed E-state index contributed by atoms with van der Waals surface area (Å²) in [5, 5.41) is 20.7. The molecule has 0 saturated heterocycles. The lowest BCUT2D eigenvalue weighted by atomic mass is 9.64. The van der Waals surface area contributed by atoms with E-state index in [0.29, 0.717) is 69.0 Å². The van der Waals surface area contributed by atoms with E-state index in [1.165, 1.54) is 108 Å². The zero-order chi connectivity index (χ0) is 42.6. The number of aryl methyl sites for hydroxylation is 2. The smallest absolute Gasteiger partial charge is 0.333 e. The van der Waals surface area contributed by atoms with E-state index in [0.717, 1.165) is 65.7 Å². The Hall–Kier alpha value is -2.64. The van der Waals surface area contributed by atoms with Crippen LogP contribution in [0, 0.1) is 35.0 Å². The molecule has 0 amide bonds. The van der Waals surface area contributed by atoms with Gasteiger partial charge < -0.3 is 24.4 Å². The summed E-state index contributed by atoms with van der Waals surface area (Å²) in [6, 6.07) is 4.69. The van der Waals surface area contributed by atoms with Crippen molar-refractivity contribution in [3.05, 3.63) is 53.1 Å². The van der Waals surface area contributed by atoms with Gasteiger partial charge in [0.1, 0.15) is 5.75 Å². The van der Waals surface area contributed by atoms with Gasteiger partial charge >= 0.3 is 11.9 Å². The van der Waals surface area contributed by atoms with Crippen molar-refractivity contribution in [2.45, 2.75) is 188 Å². The molecular formula is C52H84O7. The fourth-order valence-electron chi connectivity index (χ4n) is 10.7. The summed E-state index contributed by atoms with van der Waals surface area (Å²) in [7, 11) is 0. The third-order valence-electron chi connectivity index (χ3n) is 14.7. The number of aliphatic hydroxyl groups excluding tert-OH is 2. The van der Waals surface area contributed by atoms with Crippen LogP contribution in [0.25, 0.3) is 0 Å². The zero-order valence-electron chi connectivity index (χ0n) is 38.0. The highest BCUT2D eigenvalue weighted by molar-refractivity contribution is 5.87. The lowest BCUT2D eigenvalue weighted by molar-refractivity contribution is -0.139. The molecule has 7 nitrogen and oxygen atoms in total. The maximum Gasteiger partial charge on any atom is 0.333 e. The van der Waals surface area contributed by atoms with Gasteiger partial charge in [-0.25, -0.2) is 9.59 Å².